The van der Waals surface area contributed by atoms with E-state index in [-0.39, 0.29) is 29.5 Å². The maximum Gasteiger partial charge on any atom is 0.436 e. The summed E-state index contributed by atoms with van der Waals surface area (Å²) in [6, 6.07) is 7.03. The number of amides is 1. The van der Waals surface area contributed by atoms with E-state index in [0.29, 0.717) is 17.1 Å². The number of aromatic nitrogens is 4. The molecule has 0 unspecified atom stereocenters. The summed E-state index contributed by atoms with van der Waals surface area (Å²) in [6.07, 6.45) is -4.88. The predicted molar refractivity (Wildman–Crippen MR) is 119 cm³/mol. The van der Waals surface area contributed by atoms with Gasteiger partial charge in [-0.05, 0) is 51.1 Å². The summed E-state index contributed by atoms with van der Waals surface area (Å²) in [6.45, 7) is 4.67. The number of alkyl halides is 3. The number of anilines is 2. The van der Waals surface area contributed by atoms with Crippen LogP contribution in [-0.2, 0) is 27.5 Å². The van der Waals surface area contributed by atoms with Crippen molar-refractivity contribution in [2.75, 3.05) is 10.0 Å². The Morgan fingerprint density at radius 2 is 1.68 bits per heavy atom. The van der Waals surface area contributed by atoms with E-state index in [0.717, 1.165) is 4.68 Å². The number of carbonyl (C=O) groups is 1. The van der Waals surface area contributed by atoms with Crippen molar-refractivity contribution < 1.29 is 26.4 Å². The second kappa shape index (κ2) is 9.58. The van der Waals surface area contributed by atoms with Crippen molar-refractivity contribution in [2.45, 2.75) is 44.8 Å². The Bertz CT molecular complexity index is 1300. The third-order valence-corrected chi connectivity index (χ3v) is 6.41. The molecule has 0 spiro atoms. The molecule has 3 rings (SSSR count). The second-order valence-electron chi connectivity index (χ2n) is 7.37. The number of halogens is 4. The minimum absolute atomic E-state index is 0.0578. The summed E-state index contributed by atoms with van der Waals surface area (Å²) in [5.74, 6) is -0.561. The zero-order valence-corrected chi connectivity index (χ0v) is 19.8. The summed E-state index contributed by atoms with van der Waals surface area (Å²) in [5.41, 5.74) is 0.397. The minimum atomic E-state index is -4.70. The van der Waals surface area contributed by atoms with Gasteiger partial charge in [-0.3, -0.25) is 9.48 Å². The zero-order chi connectivity index (χ0) is 25.3. The third-order valence-electron chi connectivity index (χ3n) is 4.61. The standard InChI is InChI=1S/C20H20ClF3N6O3S/c1-11-10-12(2)26-19(25-11)29-34(32,33)15-6-4-14(5-7-15)27-16(31)8-9-30-13(3)17(21)18(28-30)20(22,23)24/h4-7,10H,8-9H2,1-3H3,(H,27,31)(H,25,26,29). The highest BCUT2D eigenvalue weighted by Gasteiger charge is 2.38. The molecule has 2 aromatic heterocycles. The van der Waals surface area contributed by atoms with Gasteiger partial charge in [-0.2, -0.15) is 18.3 Å². The lowest BCUT2D eigenvalue weighted by atomic mass is 10.3. The third kappa shape index (κ3) is 6.03. The molecule has 1 amide bonds. The van der Waals surface area contributed by atoms with Crippen molar-refractivity contribution in [2.24, 2.45) is 0 Å². The highest BCUT2D eigenvalue weighted by atomic mass is 35.5. The van der Waals surface area contributed by atoms with Gasteiger partial charge in [0.1, 0.15) is 0 Å². The molecule has 2 heterocycles. The minimum Gasteiger partial charge on any atom is -0.326 e. The molecule has 34 heavy (non-hydrogen) atoms. The monoisotopic (exact) mass is 516 g/mol. The van der Waals surface area contributed by atoms with Gasteiger partial charge in [-0.15, -0.1) is 0 Å². The van der Waals surface area contributed by atoms with Crippen molar-refractivity contribution in [3.8, 4) is 0 Å². The first-order valence-electron chi connectivity index (χ1n) is 9.81. The van der Waals surface area contributed by atoms with Crippen LogP contribution < -0.4 is 10.0 Å². The van der Waals surface area contributed by atoms with Gasteiger partial charge in [0.05, 0.1) is 22.2 Å². The van der Waals surface area contributed by atoms with E-state index in [1.807, 2.05) is 0 Å². The molecule has 0 aliphatic carbocycles. The summed E-state index contributed by atoms with van der Waals surface area (Å²) in [7, 11) is -3.96. The van der Waals surface area contributed by atoms with E-state index >= 15 is 0 Å². The first-order chi connectivity index (χ1) is 15.8. The molecule has 0 atom stereocenters. The predicted octanol–water partition coefficient (Wildman–Crippen LogP) is 4.10. The maximum absolute atomic E-state index is 12.9. The van der Waals surface area contributed by atoms with Crippen LogP contribution in [0.3, 0.4) is 0 Å². The summed E-state index contributed by atoms with van der Waals surface area (Å²) >= 11 is 5.70. The zero-order valence-electron chi connectivity index (χ0n) is 18.2. The van der Waals surface area contributed by atoms with E-state index in [1.54, 1.807) is 19.9 Å². The van der Waals surface area contributed by atoms with Crippen LogP contribution in [0.1, 0.15) is 29.2 Å². The van der Waals surface area contributed by atoms with Gasteiger partial charge in [0.2, 0.25) is 11.9 Å². The van der Waals surface area contributed by atoms with Crippen LogP contribution in [0.25, 0.3) is 0 Å². The Kier molecular flexibility index (Phi) is 7.17. The number of carbonyl (C=O) groups excluding carboxylic acids is 1. The van der Waals surface area contributed by atoms with Gasteiger partial charge >= 0.3 is 6.18 Å². The lowest BCUT2D eigenvalue weighted by Crippen LogP contribution is -2.17. The normalized spacial score (nSPS) is 12.0. The second-order valence-corrected chi connectivity index (χ2v) is 9.43. The fourth-order valence-corrected chi connectivity index (χ4v) is 4.21. The first kappa shape index (κ1) is 25.4. The molecule has 0 aliphatic heterocycles. The molecule has 2 N–H and O–H groups in total. The summed E-state index contributed by atoms with van der Waals surface area (Å²) in [5, 5.41) is 5.48. The molecule has 0 fully saturated rings. The maximum atomic E-state index is 12.9. The number of hydrogen-bond acceptors (Lipinski definition) is 6. The highest BCUT2D eigenvalue weighted by molar-refractivity contribution is 7.92. The van der Waals surface area contributed by atoms with E-state index in [9.17, 15) is 26.4 Å². The molecule has 9 nitrogen and oxygen atoms in total. The molecule has 3 aromatic rings. The SMILES string of the molecule is Cc1cc(C)nc(NS(=O)(=O)c2ccc(NC(=O)CCn3nc(C(F)(F)F)c(Cl)c3C)cc2)n1. The quantitative estimate of drug-likeness (QED) is 0.488. The van der Waals surface area contributed by atoms with Crippen LogP contribution in [0.2, 0.25) is 5.02 Å². The molecule has 1 aromatic carbocycles. The number of aryl methyl sites for hydroxylation is 3. The van der Waals surface area contributed by atoms with Gasteiger partial charge < -0.3 is 5.32 Å². The van der Waals surface area contributed by atoms with Crippen LogP contribution in [-0.4, -0.2) is 34.1 Å². The van der Waals surface area contributed by atoms with Crippen molar-refractivity contribution in [3.63, 3.8) is 0 Å². The lowest BCUT2D eigenvalue weighted by Gasteiger charge is -2.10. The number of hydrogen-bond donors (Lipinski definition) is 2. The largest absolute Gasteiger partial charge is 0.436 e. The van der Waals surface area contributed by atoms with E-state index in [4.69, 9.17) is 11.6 Å². The molecule has 182 valence electrons. The highest BCUT2D eigenvalue weighted by Crippen LogP contribution is 2.35. The Labute approximate surface area is 198 Å². The van der Waals surface area contributed by atoms with Crippen molar-refractivity contribution in [3.05, 3.63) is 58.1 Å². The van der Waals surface area contributed by atoms with E-state index in [1.165, 1.54) is 31.2 Å². The molecular weight excluding hydrogens is 497 g/mol. The van der Waals surface area contributed by atoms with Gasteiger partial charge in [0, 0.05) is 23.5 Å². The van der Waals surface area contributed by atoms with Gasteiger partial charge in [0.15, 0.2) is 5.69 Å². The van der Waals surface area contributed by atoms with E-state index in [2.05, 4.69) is 25.1 Å². The molecule has 0 saturated carbocycles. The summed E-state index contributed by atoms with van der Waals surface area (Å²) < 4.78 is 67.2. The smallest absolute Gasteiger partial charge is 0.326 e. The first-order valence-corrected chi connectivity index (χ1v) is 11.7. The van der Waals surface area contributed by atoms with Crippen LogP contribution in [0.5, 0.6) is 0 Å². The van der Waals surface area contributed by atoms with Crippen LogP contribution in [0.15, 0.2) is 35.2 Å². The average Bonchev–Trinajstić information content (AvgIpc) is 3.00. The number of nitrogens with zero attached hydrogens (tertiary/aromatic N) is 4. The number of sulfonamides is 1. The fourth-order valence-electron chi connectivity index (χ4n) is 3.02. The molecular formula is C20H20ClF3N6O3S. The topological polar surface area (TPSA) is 119 Å². The van der Waals surface area contributed by atoms with Crippen molar-refractivity contribution >= 4 is 39.2 Å². The number of rotatable bonds is 7. The number of benzene rings is 1. The van der Waals surface area contributed by atoms with Crippen LogP contribution >= 0.6 is 11.6 Å². The van der Waals surface area contributed by atoms with Gasteiger partial charge in [0.25, 0.3) is 10.0 Å². The lowest BCUT2D eigenvalue weighted by molar-refractivity contribution is -0.141. The van der Waals surface area contributed by atoms with Crippen molar-refractivity contribution in [1.82, 2.24) is 19.7 Å². The molecule has 0 bridgehead atoms. The molecule has 14 heteroatoms. The fraction of sp³-hybridized carbons (Fsp3) is 0.300. The Morgan fingerprint density at radius 1 is 1.09 bits per heavy atom. The molecule has 0 aliphatic rings. The van der Waals surface area contributed by atoms with Crippen LogP contribution in [0.4, 0.5) is 24.8 Å². The van der Waals surface area contributed by atoms with E-state index < -0.39 is 32.8 Å². The Morgan fingerprint density at radius 3 is 2.21 bits per heavy atom. The van der Waals surface area contributed by atoms with Crippen LogP contribution in [0, 0.1) is 20.8 Å². The molecule has 0 radical (unpaired) electrons. The van der Waals surface area contributed by atoms with Crippen molar-refractivity contribution in [1.29, 1.82) is 0 Å². The number of nitrogens with one attached hydrogen (secondary N) is 2. The molecule has 0 saturated heterocycles. The Balaban J connectivity index is 1.63. The summed E-state index contributed by atoms with van der Waals surface area (Å²) in [4.78, 5) is 20.2. The Hall–Kier alpha value is -3.19. The van der Waals surface area contributed by atoms with Gasteiger partial charge in [-0.25, -0.2) is 23.1 Å². The van der Waals surface area contributed by atoms with Gasteiger partial charge in [-0.1, -0.05) is 11.6 Å². The average molecular weight is 517 g/mol.